The number of carbonyl (C=O) groups is 3. The molecule has 0 radical (unpaired) electrons. The number of halogens is 1. The van der Waals surface area contributed by atoms with Gasteiger partial charge in [-0.3, -0.25) is 0 Å². The van der Waals surface area contributed by atoms with Crippen LogP contribution in [0, 0.1) is 0 Å². The van der Waals surface area contributed by atoms with E-state index >= 15 is 0 Å². The molecule has 1 atom stereocenters. The molecular weight excluding hydrogens is 496 g/mol. The van der Waals surface area contributed by atoms with Gasteiger partial charge in [-0.05, 0) is 41.2 Å². The summed E-state index contributed by atoms with van der Waals surface area (Å²) in [6, 6.07) is 21.8. The minimum absolute atomic E-state index is 0.0204. The zero-order valence-electron chi connectivity index (χ0n) is 20.0. The normalized spacial score (nSPS) is 12.7. The summed E-state index contributed by atoms with van der Waals surface area (Å²) < 4.78 is 10.6. The Morgan fingerprint density at radius 2 is 1.49 bits per heavy atom. The number of fused-ring (bicyclic) bond motifs is 3. The lowest BCUT2D eigenvalue weighted by Crippen LogP contribution is -2.42. The number of hydrogen-bond donors (Lipinski definition) is 3. The Labute approximate surface area is 219 Å². The van der Waals surface area contributed by atoms with Crippen molar-refractivity contribution in [3.63, 3.8) is 0 Å². The van der Waals surface area contributed by atoms with E-state index in [2.05, 4.69) is 10.6 Å². The summed E-state index contributed by atoms with van der Waals surface area (Å²) in [4.78, 5) is 36.0. The van der Waals surface area contributed by atoms with Gasteiger partial charge in [-0.25, -0.2) is 14.4 Å². The third kappa shape index (κ3) is 6.59. The first-order valence-electron chi connectivity index (χ1n) is 11.9. The molecule has 0 fully saturated rings. The monoisotopic (exact) mass is 522 g/mol. The van der Waals surface area contributed by atoms with Gasteiger partial charge in [0, 0.05) is 23.0 Å². The summed E-state index contributed by atoms with van der Waals surface area (Å²) in [6.07, 6.45) is -1.04. The zero-order chi connectivity index (χ0) is 26.2. The molecular formula is C28H27ClN2O6. The van der Waals surface area contributed by atoms with E-state index in [0.717, 1.165) is 22.3 Å². The topological polar surface area (TPSA) is 114 Å². The first-order valence-corrected chi connectivity index (χ1v) is 12.3. The van der Waals surface area contributed by atoms with Crippen LogP contribution in [0.15, 0.2) is 72.8 Å². The van der Waals surface area contributed by atoms with Crippen LogP contribution in [0.1, 0.15) is 35.4 Å². The fraction of sp³-hybridized carbons (Fsp3) is 0.250. The first kappa shape index (κ1) is 26.0. The second kappa shape index (κ2) is 12.3. The highest BCUT2D eigenvalue weighted by Gasteiger charge is 2.29. The molecule has 3 aromatic rings. The summed E-state index contributed by atoms with van der Waals surface area (Å²) in [6.45, 7) is 0.287. The molecule has 37 heavy (non-hydrogen) atoms. The van der Waals surface area contributed by atoms with E-state index in [-0.39, 0.29) is 32.1 Å². The van der Waals surface area contributed by atoms with Crippen molar-refractivity contribution < 1.29 is 29.0 Å². The van der Waals surface area contributed by atoms with Gasteiger partial charge in [0.15, 0.2) is 0 Å². The van der Waals surface area contributed by atoms with Crippen molar-refractivity contribution in [2.24, 2.45) is 0 Å². The Kier molecular flexibility index (Phi) is 8.64. The molecule has 8 nitrogen and oxygen atoms in total. The number of aliphatic carboxylic acids is 1. The van der Waals surface area contributed by atoms with Gasteiger partial charge >= 0.3 is 18.2 Å². The molecule has 0 unspecified atom stereocenters. The van der Waals surface area contributed by atoms with Gasteiger partial charge in [0.25, 0.3) is 0 Å². The van der Waals surface area contributed by atoms with Crippen LogP contribution in [0.5, 0.6) is 0 Å². The SMILES string of the molecule is O=C(NCCC[C@H](NC(=O)OCC1c2ccccc2-c2ccccc21)C(=O)O)OCc1ccccc1Cl. The second-order valence-electron chi connectivity index (χ2n) is 8.60. The summed E-state index contributed by atoms with van der Waals surface area (Å²) in [7, 11) is 0. The number of benzene rings is 3. The van der Waals surface area contributed by atoms with Crippen molar-refractivity contribution in [2.75, 3.05) is 13.2 Å². The van der Waals surface area contributed by atoms with E-state index in [1.54, 1.807) is 24.3 Å². The Bertz CT molecular complexity index is 1240. The van der Waals surface area contributed by atoms with Gasteiger partial charge in [0.05, 0.1) is 0 Å². The summed E-state index contributed by atoms with van der Waals surface area (Å²) in [5, 5.41) is 15.0. The standard InChI is InChI=1S/C28H27ClN2O6/c29-24-13-6-1-8-18(24)16-36-27(34)30-15-7-14-25(26(32)33)31-28(35)37-17-23-21-11-4-2-9-19(21)20-10-3-5-12-22(20)23/h1-6,8-13,23,25H,7,14-17H2,(H,30,34)(H,31,35)(H,32,33)/t25-/m0/s1. The summed E-state index contributed by atoms with van der Waals surface area (Å²) in [5.74, 6) is -1.31. The molecule has 1 aliphatic carbocycles. The Morgan fingerprint density at radius 3 is 2.14 bits per heavy atom. The Morgan fingerprint density at radius 1 is 0.865 bits per heavy atom. The van der Waals surface area contributed by atoms with Crippen LogP contribution in [0.2, 0.25) is 5.02 Å². The third-order valence-electron chi connectivity index (χ3n) is 6.19. The van der Waals surface area contributed by atoms with Crippen molar-refractivity contribution in [3.05, 3.63) is 94.5 Å². The molecule has 0 bridgehead atoms. The number of carboxylic acid groups (broad SMARTS) is 1. The lowest BCUT2D eigenvalue weighted by Gasteiger charge is -2.17. The molecule has 192 valence electrons. The largest absolute Gasteiger partial charge is 0.480 e. The quantitative estimate of drug-likeness (QED) is 0.310. The number of alkyl carbamates (subject to hydrolysis) is 2. The smallest absolute Gasteiger partial charge is 0.407 e. The van der Waals surface area contributed by atoms with Gasteiger partial charge in [-0.1, -0.05) is 78.3 Å². The van der Waals surface area contributed by atoms with Gasteiger partial charge < -0.3 is 25.2 Å². The third-order valence-corrected chi connectivity index (χ3v) is 6.56. The summed E-state index contributed by atoms with van der Waals surface area (Å²) >= 11 is 6.03. The van der Waals surface area contributed by atoms with Crippen LogP contribution < -0.4 is 10.6 Å². The Balaban J connectivity index is 1.21. The fourth-order valence-electron chi connectivity index (χ4n) is 4.35. The van der Waals surface area contributed by atoms with Crippen molar-refractivity contribution in [2.45, 2.75) is 31.4 Å². The minimum atomic E-state index is -1.19. The fourth-order valence-corrected chi connectivity index (χ4v) is 4.54. The van der Waals surface area contributed by atoms with E-state index < -0.39 is 24.2 Å². The van der Waals surface area contributed by atoms with E-state index in [0.29, 0.717) is 17.0 Å². The molecule has 3 N–H and O–H groups in total. The number of rotatable bonds is 10. The highest BCUT2D eigenvalue weighted by Crippen LogP contribution is 2.44. The molecule has 1 aliphatic rings. The molecule has 4 rings (SSSR count). The van der Waals surface area contributed by atoms with Gasteiger partial charge in [0.1, 0.15) is 19.3 Å². The van der Waals surface area contributed by atoms with E-state index in [9.17, 15) is 19.5 Å². The molecule has 0 saturated heterocycles. The van der Waals surface area contributed by atoms with Crippen LogP contribution in [-0.4, -0.2) is 42.5 Å². The maximum atomic E-state index is 12.4. The molecule has 0 spiro atoms. The van der Waals surface area contributed by atoms with Crippen LogP contribution >= 0.6 is 11.6 Å². The predicted octanol–water partition coefficient (Wildman–Crippen LogP) is 5.34. The lowest BCUT2D eigenvalue weighted by molar-refractivity contribution is -0.139. The number of hydrogen-bond acceptors (Lipinski definition) is 5. The molecule has 0 saturated carbocycles. The van der Waals surface area contributed by atoms with Crippen LogP contribution in [0.4, 0.5) is 9.59 Å². The zero-order valence-corrected chi connectivity index (χ0v) is 20.7. The number of ether oxygens (including phenoxy) is 2. The highest BCUT2D eigenvalue weighted by molar-refractivity contribution is 6.31. The average Bonchev–Trinajstić information content (AvgIpc) is 3.22. The summed E-state index contributed by atoms with van der Waals surface area (Å²) in [5.41, 5.74) is 5.02. The van der Waals surface area contributed by atoms with Crippen molar-refractivity contribution in [3.8, 4) is 11.1 Å². The van der Waals surface area contributed by atoms with E-state index in [1.807, 2.05) is 48.5 Å². The number of carboxylic acids is 1. The molecule has 3 aromatic carbocycles. The van der Waals surface area contributed by atoms with Gasteiger partial charge in [-0.2, -0.15) is 0 Å². The molecule has 9 heteroatoms. The van der Waals surface area contributed by atoms with Crippen molar-refractivity contribution >= 4 is 29.8 Å². The van der Waals surface area contributed by atoms with Crippen molar-refractivity contribution in [1.82, 2.24) is 10.6 Å². The molecule has 0 aliphatic heterocycles. The number of nitrogens with one attached hydrogen (secondary N) is 2. The second-order valence-corrected chi connectivity index (χ2v) is 9.00. The first-order chi connectivity index (χ1) is 17.9. The minimum Gasteiger partial charge on any atom is -0.480 e. The van der Waals surface area contributed by atoms with E-state index in [4.69, 9.17) is 21.1 Å². The van der Waals surface area contributed by atoms with Crippen LogP contribution in [0.3, 0.4) is 0 Å². The average molecular weight is 523 g/mol. The number of amides is 2. The molecule has 0 aromatic heterocycles. The maximum absolute atomic E-state index is 12.4. The lowest BCUT2D eigenvalue weighted by atomic mass is 9.98. The number of carbonyl (C=O) groups excluding carboxylic acids is 2. The van der Waals surface area contributed by atoms with Crippen LogP contribution in [-0.2, 0) is 20.9 Å². The predicted molar refractivity (Wildman–Crippen MR) is 139 cm³/mol. The van der Waals surface area contributed by atoms with Gasteiger partial charge in [-0.15, -0.1) is 0 Å². The van der Waals surface area contributed by atoms with Crippen LogP contribution in [0.25, 0.3) is 11.1 Å². The van der Waals surface area contributed by atoms with Gasteiger partial charge in [0.2, 0.25) is 0 Å². The van der Waals surface area contributed by atoms with Crippen molar-refractivity contribution in [1.29, 1.82) is 0 Å². The Hall–Kier alpha value is -4.04. The maximum Gasteiger partial charge on any atom is 0.407 e. The van der Waals surface area contributed by atoms with E-state index in [1.165, 1.54) is 0 Å². The molecule has 0 heterocycles. The molecule has 2 amide bonds. The highest BCUT2D eigenvalue weighted by atomic mass is 35.5.